The van der Waals surface area contributed by atoms with E-state index in [1.165, 1.54) is 24.3 Å². The summed E-state index contributed by atoms with van der Waals surface area (Å²) in [7, 11) is 0. The number of rotatable bonds is 4. The first-order chi connectivity index (χ1) is 14.2. The molecule has 2 aromatic rings. The first kappa shape index (κ1) is 19.1. The van der Waals surface area contributed by atoms with E-state index in [0.717, 1.165) is 11.1 Å². The van der Waals surface area contributed by atoms with Crippen molar-refractivity contribution in [3.63, 3.8) is 0 Å². The quantitative estimate of drug-likeness (QED) is 0.555. The van der Waals surface area contributed by atoms with Gasteiger partial charge in [0.2, 0.25) is 0 Å². The van der Waals surface area contributed by atoms with Crippen molar-refractivity contribution >= 4 is 11.4 Å². The van der Waals surface area contributed by atoms with Crippen LogP contribution in [0.25, 0.3) is 0 Å². The van der Waals surface area contributed by atoms with E-state index in [1.54, 1.807) is 24.3 Å². The Hall–Kier alpha value is -2.92. The third-order valence-corrected chi connectivity index (χ3v) is 6.25. The molecule has 0 radical (unpaired) electrons. The van der Waals surface area contributed by atoms with Gasteiger partial charge in [-0.25, -0.2) is 4.90 Å². The van der Waals surface area contributed by atoms with E-state index in [-0.39, 0.29) is 17.6 Å². The second-order valence-electron chi connectivity index (χ2n) is 8.00. The second kappa shape index (κ2) is 6.29. The predicted molar refractivity (Wildman–Crippen MR) is 102 cm³/mol. The van der Waals surface area contributed by atoms with Gasteiger partial charge in [0.25, 0.3) is 11.4 Å². The molecule has 5 rings (SSSR count). The average molecular weight is 413 g/mol. The molecule has 0 amide bonds. The summed E-state index contributed by atoms with van der Waals surface area (Å²) in [5.74, 6) is 0. The van der Waals surface area contributed by atoms with Crippen LogP contribution in [-0.2, 0) is 25.4 Å². The van der Waals surface area contributed by atoms with Crippen molar-refractivity contribution in [1.29, 1.82) is 0 Å². The van der Waals surface area contributed by atoms with Gasteiger partial charge in [-0.1, -0.05) is 0 Å². The SMILES string of the molecule is C[C@@]1(c2ccc([N+](=O)[O-])cc2)O[C@H]2CO[C@@H]3N2[C@H]1O[C@@]3(C)c1ccc([N+](=O)[O-])cc1. The number of benzene rings is 2. The maximum Gasteiger partial charge on any atom is 0.269 e. The molecule has 10 nitrogen and oxygen atoms in total. The Kier molecular flexibility index (Phi) is 4.00. The lowest BCUT2D eigenvalue weighted by Crippen LogP contribution is -2.40. The number of non-ortho nitro benzene ring substituents is 2. The fourth-order valence-corrected chi connectivity index (χ4v) is 4.65. The van der Waals surface area contributed by atoms with Gasteiger partial charge in [0, 0.05) is 24.3 Å². The molecule has 0 saturated carbocycles. The summed E-state index contributed by atoms with van der Waals surface area (Å²) in [4.78, 5) is 23.1. The van der Waals surface area contributed by atoms with E-state index in [4.69, 9.17) is 14.2 Å². The van der Waals surface area contributed by atoms with Crippen LogP contribution in [0.15, 0.2) is 48.5 Å². The zero-order valence-electron chi connectivity index (χ0n) is 16.3. The van der Waals surface area contributed by atoms with Crippen molar-refractivity contribution < 1.29 is 24.1 Å². The monoisotopic (exact) mass is 413 g/mol. The third kappa shape index (κ3) is 2.51. The predicted octanol–water partition coefficient (Wildman–Crippen LogP) is 3.00. The topological polar surface area (TPSA) is 117 Å². The van der Waals surface area contributed by atoms with Gasteiger partial charge >= 0.3 is 0 Å². The third-order valence-electron chi connectivity index (χ3n) is 6.25. The van der Waals surface area contributed by atoms with Crippen LogP contribution in [0.4, 0.5) is 11.4 Å². The summed E-state index contributed by atoms with van der Waals surface area (Å²) in [5.41, 5.74) is -0.186. The molecule has 3 aliphatic heterocycles. The minimum absolute atomic E-state index is 0.00474. The number of hydrogen-bond donors (Lipinski definition) is 0. The molecule has 10 heteroatoms. The first-order valence-electron chi connectivity index (χ1n) is 9.48. The minimum atomic E-state index is -0.861. The molecule has 3 aliphatic rings. The van der Waals surface area contributed by atoms with E-state index in [1.807, 2.05) is 18.7 Å². The van der Waals surface area contributed by atoms with Crippen molar-refractivity contribution in [2.45, 2.75) is 43.7 Å². The van der Waals surface area contributed by atoms with Gasteiger partial charge in [-0.3, -0.25) is 20.2 Å². The Bertz CT molecular complexity index is 970. The lowest BCUT2D eigenvalue weighted by molar-refractivity contribution is -0.385. The molecule has 2 aromatic carbocycles. The number of nitrogens with zero attached hydrogens (tertiary/aromatic N) is 3. The maximum atomic E-state index is 11.0. The normalized spacial score (nSPS) is 34.8. The van der Waals surface area contributed by atoms with Crippen LogP contribution in [0.3, 0.4) is 0 Å². The highest BCUT2D eigenvalue weighted by Crippen LogP contribution is 2.55. The van der Waals surface area contributed by atoms with E-state index in [9.17, 15) is 20.2 Å². The van der Waals surface area contributed by atoms with Crippen LogP contribution in [-0.4, -0.2) is 40.0 Å². The van der Waals surface area contributed by atoms with E-state index >= 15 is 0 Å². The highest BCUT2D eigenvalue weighted by molar-refractivity contribution is 5.39. The van der Waals surface area contributed by atoms with Crippen LogP contribution in [0.5, 0.6) is 0 Å². The summed E-state index contributed by atoms with van der Waals surface area (Å²) in [5, 5.41) is 22.0. The summed E-state index contributed by atoms with van der Waals surface area (Å²) in [6.45, 7) is 4.15. The Morgan fingerprint density at radius 2 is 1.30 bits per heavy atom. The van der Waals surface area contributed by atoms with Crippen LogP contribution in [0, 0.1) is 20.2 Å². The Morgan fingerprint density at radius 1 is 0.833 bits per heavy atom. The zero-order chi connectivity index (χ0) is 21.3. The van der Waals surface area contributed by atoms with E-state index in [0.29, 0.717) is 6.61 Å². The zero-order valence-corrected chi connectivity index (χ0v) is 16.3. The van der Waals surface area contributed by atoms with Crippen molar-refractivity contribution in [2.75, 3.05) is 6.61 Å². The molecule has 0 unspecified atom stereocenters. The highest BCUT2D eigenvalue weighted by atomic mass is 16.7. The van der Waals surface area contributed by atoms with Gasteiger partial charge in [0.15, 0.2) is 0 Å². The molecule has 0 aromatic heterocycles. The number of hydrogen-bond acceptors (Lipinski definition) is 8. The summed E-state index contributed by atoms with van der Waals surface area (Å²) in [6.07, 6.45) is -1.23. The van der Waals surface area contributed by atoms with Crippen LogP contribution in [0.2, 0.25) is 0 Å². The molecular formula is C20H19N3O7. The van der Waals surface area contributed by atoms with Crippen molar-refractivity contribution in [2.24, 2.45) is 0 Å². The lowest BCUT2D eigenvalue weighted by atomic mass is 9.93. The Morgan fingerprint density at radius 3 is 1.77 bits per heavy atom. The fraction of sp³-hybridized carbons (Fsp3) is 0.400. The summed E-state index contributed by atoms with van der Waals surface area (Å²) >= 11 is 0. The van der Waals surface area contributed by atoms with Crippen molar-refractivity contribution in [1.82, 2.24) is 4.90 Å². The molecule has 0 spiro atoms. The van der Waals surface area contributed by atoms with Gasteiger partial charge in [-0.05, 0) is 49.2 Å². The van der Waals surface area contributed by atoms with Crippen molar-refractivity contribution in [3.05, 3.63) is 79.9 Å². The molecule has 0 aliphatic carbocycles. The molecule has 156 valence electrons. The van der Waals surface area contributed by atoms with E-state index in [2.05, 4.69) is 0 Å². The minimum Gasteiger partial charge on any atom is -0.355 e. The maximum absolute atomic E-state index is 11.0. The first-order valence-corrected chi connectivity index (χ1v) is 9.48. The smallest absolute Gasteiger partial charge is 0.269 e. The van der Waals surface area contributed by atoms with Gasteiger partial charge < -0.3 is 14.2 Å². The molecule has 0 N–H and O–H groups in total. The molecule has 5 atom stereocenters. The molecule has 30 heavy (non-hydrogen) atoms. The largest absolute Gasteiger partial charge is 0.355 e. The fourth-order valence-electron chi connectivity index (χ4n) is 4.65. The van der Waals surface area contributed by atoms with Crippen LogP contribution >= 0.6 is 0 Å². The second-order valence-corrected chi connectivity index (χ2v) is 8.00. The lowest BCUT2D eigenvalue weighted by Gasteiger charge is -2.32. The van der Waals surface area contributed by atoms with E-state index < -0.39 is 33.5 Å². The summed E-state index contributed by atoms with van der Waals surface area (Å²) in [6, 6.07) is 12.5. The van der Waals surface area contributed by atoms with Gasteiger partial charge in [0.1, 0.15) is 29.9 Å². The number of ether oxygens (including phenoxy) is 3. The van der Waals surface area contributed by atoms with Crippen LogP contribution in [0.1, 0.15) is 25.0 Å². The highest BCUT2D eigenvalue weighted by Gasteiger charge is 2.68. The van der Waals surface area contributed by atoms with Crippen molar-refractivity contribution in [3.8, 4) is 0 Å². The van der Waals surface area contributed by atoms with Gasteiger partial charge in [-0.15, -0.1) is 0 Å². The number of nitro benzene ring substituents is 2. The molecule has 3 fully saturated rings. The van der Waals surface area contributed by atoms with Crippen LogP contribution < -0.4 is 0 Å². The number of nitro groups is 2. The van der Waals surface area contributed by atoms with Gasteiger partial charge in [-0.2, -0.15) is 0 Å². The Labute approximate surface area is 171 Å². The standard InChI is InChI=1S/C20H19N3O7/c1-19(12-3-7-14(8-4-12)22(24)25)17-21-16(11-28-17)29-20(2,18(21)30-19)13-5-9-15(10-6-13)23(26)27/h3-10,16-18H,11H2,1-2H3/t16-,17-,18-,19-,20-/m0/s1. The average Bonchev–Trinajstić information content (AvgIpc) is 3.36. The van der Waals surface area contributed by atoms with Gasteiger partial charge in [0.05, 0.1) is 16.5 Å². The molecular weight excluding hydrogens is 394 g/mol. The molecule has 0 bridgehead atoms. The Balaban J connectivity index is 1.51. The molecule has 3 heterocycles. The summed E-state index contributed by atoms with van der Waals surface area (Å²) < 4.78 is 18.8. The molecule has 3 saturated heterocycles.